The molecule has 6 nitrogen and oxygen atoms in total. The van der Waals surface area contributed by atoms with Crippen LogP contribution in [0.25, 0.3) is 101 Å². The van der Waals surface area contributed by atoms with Gasteiger partial charge in [0.15, 0.2) is 23.1 Å². The molecule has 248 valence electrons. The largest absolute Gasteiger partial charge is 0.436 e. The Labute approximate surface area is 305 Å². The standard InChI is InChI=1S/C47H29N5O/c1-4-14-30(15-5-1)44-50-45(31-16-6-2-7-17-31)52-46(51-44)34-25-26-36(37-22-12-24-41-43(37)49-47(53-41)32-18-8-3-9-19-32)39(29-34)40-28-33-20-10-11-21-35(33)42-38(40)23-13-27-48-42/h1-29H. The van der Waals surface area contributed by atoms with Crippen LogP contribution < -0.4 is 0 Å². The summed E-state index contributed by atoms with van der Waals surface area (Å²) in [6.45, 7) is 0. The van der Waals surface area contributed by atoms with E-state index in [0.29, 0.717) is 23.4 Å². The van der Waals surface area contributed by atoms with Crippen LogP contribution in [0.3, 0.4) is 0 Å². The highest BCUT2D eigenvalue weighted by atomic mass is 16.3. The van der Waals surface area contributed by atoms with Crippen LogP contribution in [0.5, 0.6) is 0 Å². The van der Waals surface area contributed by atoms with Crippen molar-refractivity contribution >= 4 is 32.8 Å². The predicted molar refractivity (Wildman–Crippen MR) is 213 cm³/mol. The minimum Gasteiger partial charge on any atom is -0.436 e. The lowest BCUT2D eigenvalue weighted by Gasteiger charge is -2.16. The number of pyridine rings is 1. The molecule has 0 atom stereocenters. The predicted octanol–water partition coefficient (Wildman–Crippen LogP) is 11.7. The molecule has 10 aromatic rings. The molecular weight excluding hydrogens is 651 g/mol. The Kier molecular flexibility index (Phi) is 7.36. The molecule has 0 radical (unpaired) electrons. The molecular formula is C47H29N5O. The van der Waals surface area contributed by atoms with Gasteiger partial charge < -0.3 is 4.42 Å². The minimum atomic E-state index is 0.582. The summed E-state index contributed by atoms with van der Waals surface area (Å²) in [5.74, 6) is 2.39. The fourth-order valence-corrected chi connectivity index (χ4v) is 7.08. The van der Waals surface area contributed by atoms with E-state index >= 15 is 0 Å². The molecule has 53 heavy (non-hydrogen) atoms. The van der Waals surface area contributed by atoms with Crippen molar-refractivity contribution in [3.63, 3.8) is 0 Å². The maximum absolute atomic E-state index is 6.35. The number of rotatable bonds is 6. The van der Waals surface area contributed by atoms with Gasteiger partial charge in [-0.15, -0.1) is 0 Å². The number of fused-ring (bicyclic) bond motifs is 4. The molecule has 0 aliphatic heterocycles. The van der Waals surface area contributed by atoms with Gasteiger partial charge in [0.2, 0.25) is 5.89 Å². The Morgan fingerprint density at radius 1 is 0.358 bits per heavy atom. The van der Waals surface area contributed by atoms with Crippen molar-refractivity contribution in [3.8, 4) is 67.9 Å². The first-order valence-electron chi connectivity index (χ1n) is 17.5. The molecule has 7 aromatic carbocycles. The van der Waals surface area contributed by atoms with Crippen LogP contribution in [-0.2, 0) is 0 Å². The topological polar surface area (TPSA) is 77.6 Å². The first-order valence-corrected chi connectivity index (χ1v) is 17.5. The van der Waals surface area contributed by atoms with Crippen molar-refractivity contribution in [2.45, 2.75) is 0 Å². The highest BCUT2D eigenvalue weighted by molar-refractivity contribution is 6.14. The van der Waals surface area contributed by atoms with Gasteiger partial charge in [-0.1, -0.05) is 133 Å². The molecule has 0 bridgehead atoms. The molecule has 0 N–H and O–H groups in total. The van der Waals surface area contributed by atoms with Gasteiger partial charge in [0.1, 0.15) is 5.52 Å². The van der Waals surface area contributed by atoms with E-state index in [1.807, 2.05) is 115 Å². The monoisotopic (exact) mass is 679 g/mol. The highest BCUT2D eigenvalue weighted by Crippen LogP contribution is 2.43. The summed E-state index contributed by atoms with van der Waals surface area (Å²) in [5, 5.41) is 3.26. The van der Waals surface area contributed by atoms with Gasteiger partial charge in [0.05, 0.1) is 5.52 Å². The van der Waals surface area contributed by atoms with Crippen molar-refractivity contribution < 1.29 is 4.42 Å². The third-order valence-corrected chi connectivity index (χ3v) is 9.61. The van der Waals surface area contributed by atoms with E-state index in [9.17, 15) is 0 Å². The lowest BCUT2D eigenvalue weighted by Crippen LogP contribution is -2.00. The summed E-state index contributed by atoms with van der Waals surface area (Å²) in [5.41, 5.74) is 10.1. The molecule has 10 rings (SSSR count). The SMILES string of the molecule is c1ccc(-c2nc(-c3ccccc3)nc(-c3ccc(-c4cccc5oc(-c6ccccc6)nc45)c(-c4cc5ccccc5c5ncccc45)c3)n2)cc1. The van der Waals surface area contributed by atoms with Gasteiger partial charge in [-0.25, -0.2) is 19.9 Å². The molecule has 6 heteroatoms. The third kappa shape index (κ3) is 5.50. The fourth-order valence-electron chi connectivity index (χ4n) is 7.08. The van der Waals surface area contributed by atoms with Crippen molar-refractivity contribution in [1.29, 1.82) is 0 Å². The Bertz CT molecular complexity index is 2880. The summed E-state index contributed by atoms with van der Waals surface area (Å²) in [6.07, 6.45) is 1.86. The normalized spacial score (nSPS) is 11.4. The smallest absolute Gasteiger partial charge is 0.227 e. The molecule has 0 saturated heterocycles. The van der Waals surface area contributed by atoms with E-state index in [1.165, 1.54) is 0 Å². The summed E-state index contributed by atoms with van der Waals surface area (Å²) < 4.78 is 6.35. The van der Waals surface area contributed by atoms with Gasteiger partial charge in [-0.3, -0.25) is 4.98 Å². The molecule has 0 unspecified atom stereocenters. The van der Waals surface area contributed by atoms with Crippen LogP contribution in [0.4, 0.5) is 0 Å². The van der Waals surface area contributed by atoms with Crippen molar-refractivity contribution in [3.05, 3.63) is 176 Å². The average molecular weight is 680 g/mol. The summed E-state index contributed by atoms with van der Waals surface area (Å²) in [6, 6.07) is 57.5. The molecule has 0 saturated carbocycles. The average Bonchev–Trinajstić information content (AvgIpc) is 3.69. The number of aromatic nitrogens is 5. The molecule has 0 aliphatic carbocycles. The second-order valence-electron chi connectivity index (χ2n) is 12.9. The second kappa shape index (κ2) is 12.8. The van der Waals surface area contributed by atoms with E-state index in [2.05, 4.69) is 60.7 Å². The molecule has 0 spiro atoms. The van der Waals surface area contributed by atoms with Gasteiger partial charge in [0, 0.05) is 44.8 Å². The van der Waals surface area contributed by atoms with E-state index in [0.717, 1.165) is 77.3 Å². The van der Waals surface area contributed by atoms with Crippen LogP contribution in [0.15, 0.2) is 180 Å². The third-order valence-electron chi connectivity index (χ3n) is 9.61. The zero-order chi connectivity index (χ0) is 35.1. The van der Waals surface area contributed by atoms with Gasteiger partial charge in [0.25, 0.3) is 0 Å². The summed E-state index contributed by atoms with van der Waals surface area (Å²) in [7, 11) is 0. The summed E-state index contributed by atoms with van der Waals surface area (Å²) in [4.78, 5) is 25.0. The number of hydrogen-bond acceptors (Lipinski definition) is 6. The van der Waals surface area contributed by atoms with Crippen molar-refractivity contribution in [1.82, 2.24) is 24.9 Å². The number of oxazole rings is 1. The number of benzene rings is 7. The van der Waals surface area contributed by atoms with Gasteiger partial charge in [-0.2, -0.15) is 0 Å². The quantitative estimate of drug-likeness (QED) is 0.163. The van der Waals surface area contributed by atoms with Crippen LogP contribution in [0.1, 0.15) is 0 Å². The number of hydrogen-bond donors (Lipinski definition) is 0. The Hall–Kier alpha value is -7.31. The lowest BCUT2D eigenvalue weighted by atomic mass is 9.88. The molecule has 0 amide bonds. The molecule has 3 heterocycles. The van der Waals surface area contributed by atoms with Crippen LogP contribution in [0, 0.1) is 0 Å². The van der Waals surface area contributed by atoms with Crippen LogP contribution in [0.2, 0.25) is 0 Å². The number of nitrogens with zero attached hydrogens (tertiary/aromatic N) is 5. The van der Waals surface area contributed by atoms with Crippen molar-refractivity contribution in [2.24, 2.45) is 0 Å². The van der Waals surface area contributed by atoms with Gasteiger partial charge >= 0.3 is 0 Å². The summed E-state index contributed by atoms with van der Waals surface area (Å²) >= 11 is 0. The molecule has 3 aromatic heterocycles. The molecule has 0 aliphatic rings. The van der Waals surface area contributed by atoms with Crippen molar-refractivity contribution in [2.75, 3.05) is 0 Å². The van der Waals surface area contributed by atoms with E-state index in [4.69, 9.17) is 29.3 Å². The number of para-hydroxylation sites is 1. The lowest BCUT2D eigenvalue weighted by molar-refractivity contribution is 0.620. The van der Waals surface area contributed by atoms with E-state index in [-0.39, 0.29) is 0 Å². The maximum Gasteiger partial charge on any atom is 0.227 e. The van der Waals surface area contributed by atoms with E-state index < -0.39 is 0 Å². The fraction of sp³-hybridized carbons (Fsp3) is 0. The van der Waals surface area contributed by atoms with Crippen LogP contribution in [-0.4, -0.2) is 24.9 Å². The maximum atomic E-state index is 6.35. The Balaban J connectivity index is 1.25. The van der Waals surface area contributed by atoms with Gasteiger partial charge in [-0.05, 0) is 58.5 Å². The van der Waals surface area contributed by atoms with Crippen LogP contribution >= 0.6 is 0 Å². The zero-order valence-corrected chi connectivity index (χ0v) is 28.4. The highest BCUT2D eigenvalue weighted by Gasteiger charge is 2.20. The zero-order valence-electron chi connectivity index (χ0n) is 28.4. The molecule has 0 fully saturated rings. The first kappa shape index (κ1) is 30.5. The Morgan fingerprint density at radius 2 is 0.981 bits per heavy atom. The second-order valence-corrected chi connectivity index (χ2v) is 12.9. The minimum absolute atomic E-state index is 0.582. The van der Waals surface area contributed by atoms with E-state index in [1.54, 1.807) is 0 Å². The Morgan fingerprint density at radius 3 is 1.70 bits per heavy atom. The first-order chi connectivity index (χ1) is 26.3.